The number of hydrogen-bond acceptors (Lipinski definition) is 6. The zero-order chi connectivity index (χ0) is 18.4. The van der Waals surface area contributed by atoms with E-state index in [1.54, 1.807) is 30.5 Å². The summed E-state index contributed by atoms with van der Waals surface area (Å²) in [6.45, 7) is 2.03. The largest absolute Gasteiger partial charge is 0.493 e. The maximum Gasteiger partial charge on any atom is 0.379 e. The van der Waals surface area contributed by atoms with E-state index in [0.29, 0.717) is 11.5 Å². The summed E-state index contributed by atoms with van der Waals surface area (Å²) in [6.07, 6.45) is 3.06. The number of esters is 1. The van der Waals surface area contributed by atoms with Gasteiger partial charge in [-0.1, -0.05) is 17.7 Å². The Labute approximate surface area is 163 Å². The molecule has 0 bridgehead atoms. The van der Waals surface area contributed by atoms with Crippen LogP contribution in [0.5, 0.6) is 11.5 Å². The number of benzene rings is 2. The first-order valence-electron chi connectivity index (χ1n) is 7.95. The number of nitrogens with zero attached hydrogens (tertiary/aromatic N) is 1. The number of halogens is 1. The van der Waals surface area contributed by atoms with Crippen LogP contribution in [0.1, 0.15) is 21.7 Å². The van der Waals surface area contributed by atoms with Crippen LogP contribution in [0.2, 0.25) is 0 Å². The van der Waals surface area contributed by atoms with E-state index < -0.39 is 5.97 Å². The van der Waals surface area contributed by atoms with Gasteiger partial charge in [0.1, 0.15) is 0 Å². The molecule has 1 heterocycles. The second kappa shape index (κ2) is 9.45. The minimum absolute atomic E-state index is 0. The Morgan fingerprint density at radius 3 is 2.56 bits per heavy atom. The number of carbonyl (C=O) groups is 1. The molecule has 0 saturated carbocycles. The average molecular weight is 387 g/mol. The molecule has 6 nitrogen and oxygen atoms in total. The molecule has 0 radical (unpaired) electrons. The van der Waals surface area contributed by atoms with Gasteiger partial charge in [0.15, 0.2) is 11.5 Å². The van der Waals surface area contributed by atoms with Crippen LogP contribution in [0, 0.1) is 6.92 Å². The van der Waals surface area contributed by atoms with E-state index in [0.717, 1.165) is 11.3 Å². The lowest BCUT2D eigenvalue weighted by Crippen LogP contribution is -2.08. The fourth-order valence-corrected chi connectivity index (χ4v) is 2.20. The van der Waals surface area contributed by atoms with Gasteiger partial charge in [0.25, 0.3) is 0 Å². The van der Waals surface area contributed by atoms with Crippen molar-refractivity contribution in [2.24, 2.45) is 5.10 Å². The Bertz CT molecular complexity index is 906. The molecule has 0 aliphatic rings. The van der Waals surface area contributed by atoms with Gasteiger partial charge in [0.2, 0.25) is 5.76 Å². The molecule has 140 valence electrons. The number of ether oxygens (including phenoxy) is 2. The van der Waals surface area contributed by atoms with Crippen LogP contribution in [-0.4, -0.2) is 19.3 Å². The van der Waals surface area contributed by atoms with E-state index >= 15 is 0 Å². The topological polar surface area (TPSA) is 73.1 Å². The molecular weight excluding hydrogens is 368 g/mol. The zero-order valence-corrected chi connectivity index (χ0v) is 15.7. The van der Waals surface area contributed by atoms with Crippen LogP contribution in [0.15, 0.2) is 70.4 Å². The fourth-order valence-electron chi connectivity index (χ4n) is 2.20. The summed E-state index contributed by atoms with van der Waals surface area (Å²) in [5.74, 6) is 0.262. The summed E-state index contributed by atoms with van der Waals surface area (Å²) < 4.78 is 15.6. The Balaban J connectivity index is 0.00000261. The maximum absolute atomic E-state index is 12.0. The van der Waals surface area contributed by atoms with E-state index in [1.807, 2.05) is 31.2 Å². The van der Waals surface area contributed by atoms with Gasteiger partial charge in [-0.05, 0) is 55.0 Å². The van der Waals surface area contributed by atoms with Crippen molar-refractivity contribution >= 4 is 30.3 Å². The number of anilines is 1. The number of hydrazone groups is 1. The van der Waals surface area contributed by atoms with Crippen LogP contribution >= 0.6 is 12.4 Å². The van der Waals surface area contributed by atoms with Crippen LogP contribution in [-0.2, 0) is 0 Å². The molecule has 0 amide bonds. The van der Waals surface area contributed by atoms with Crippen molar-refractivity contribution in [3.05, 3.63) is 77.7 Å². The van der Waals surface area contributed by atoms with Crippen molar-refractivity contribution in [1.29, 1.82) is 0 Å². The van der Waals surface area contributed by atoms with Crippen molar-refractivity contribution in [3.63, 3.8) is 0 Å². The van der Waals surface area contributed by atoms with Crippen LogP contribution in [0.25, 0.3) is 0 Å². The summed E-state index contributed by atoms with van der Waals surface area (Å²) in [5, 5.41) is 4.19. The number of hydrogen-bond donors (Lipinski definition) is 1. The van der Waals surface area contributed by atoms with Gasteiger partial charge in [0.05, 0.1) is 25.3 Å². The van der Waals surface area contributed by atoms with Gasteiger partial charge in [-0.2, -0.15) is 5.10 Å². The van der Waals surface area contributed by atoms with E-state index in [9.17, 15) is 4.79 Å². The molecule has 2 aromatic carbocycles. The quantitative estimate of drug-likeness (QED) is 0.288. The zero-order valence-electron chi connectivity index (χ0n) is 14.8. The van der Waals surface area contributed by atoms with Crippen molar-refractivity contribution in [3.8, 4) is 11.5 Å². The highest BCUT2D eigenvalue weighted by Gasteiger charge is 2.14. The summed E-state index contributed by atoms with van der Waals surface area (Å²) in [5.41, 5.74) is 5.82. The molecule has 0 aliphatic heterocycles. The van der Waals surface area contributed by atoms with E-state index in [4.69, 9.17) is 13.9 Å². The van der Waals surface area contributed by atoms with Gasteiger partial charge in [-0.15, -0.1) is 12.4 Å². The van der Waals surface area contributed by atoms with E-state index in [1.165, 1.54) is 25.0 Å². The molecule has 1 aromatic heterocycles. The third kappa shape index (κ3) is 5.36. The molecule has 0 aliphatic carbocycles. The lowest BCUT2D eigenvalue weighted by atomic mass is 10.2. The summed E-state index contributed by atoms with van der Waals surface area (Å²) in [7, 11) is 1.50. The van der Waals surface area contributed by atoms with Crippen LogP contribution in [0.4, 0.5) is 5.69 Å². The molecule has 1 N–H and O–H groups in total. The normalized spacial score (nSPS) is 10.3. The molecule has 3 aromatic rings. The van der Waals surface area contributed by atoms with Crippen LogP contribution < -0.4 is 14.9 Å². The Hall–Kier alpha value is -3.25. The van der Waals surface area contributed by atoms with Crippen molar-refractivity contribution in [1.82, 2.24) is 0 Å². The van der Waals surface area contributed by atoms with Gasteiger partial charge in [-0.3, -0.25) is 5.43 Å². The molecule has 0 fully saturated rings. The highest BCUT2D eigenvalue weighted by molar-refractivity contribution is 5.89. The van der Waals surface area contributed by atoms with Gasteiger partial charge >= 0.3 is 5.97 Å². The number of nitrogens with one attached hydrogen (secondary N) is 1. The van der Waals surface area contributed by atoms with Crippen molar-refractivity contribution < 1.29 is 18.7 Å². The van der Waals surface area contributed by atoms with Gasteiger partial charge in [-0.25, -0.2) is 4.79 Å². The summed E-state index contributed by atoms with van der Waals surface area (Å²) in [6, 6.07) is 16.2. The maximum atomic E-state index is 12.0. The Morgan fingerprint density at radius 1 is 1.11 bits per heavy atom. The second-order valence-electron chi connectivity index (χ2n) is 5.51. The molecule has 0 atom stereocenters. The van der Waals surface area contributed by atoms with E-state index in [2.05, 4.69) is 10.5 Å². The van der Waals surface area contributed by atoms with Crippen molar-refractivity contribution in [2.45, 2.75) is 6.92 Å². The number of rotatable bonds is 6. The monoisotopic (exact) mass is 386 g/mol. The number of methoxy groups -OCH3 is 1. The first kappa shape index (κ1) is 20.1. The Kier molecular flexibility index (Phi) is 7.02. The summed E-state index contributed by atoms with van der Waals surface area (Å²) in [4.78, 5) is 12.0. The Morgan fingerprint density at radius 2 is 1.89 bits per heavy atom. The number of carbonyl (C=O) groups excluding carboxylic acids is 1. The lowest BCUT2D eigenvalue weighted by molar-refractivity contribution is 0.0696. The third-order valence-electron chi connectivity index (χ3n) is 3.57. The van der Waals surface area contributed by atoms with Crippen LogP contribution in [0.3, 0.4) is 0 Å². The van der Waals surface area contributed by atoms with Gasteiger partial charge in [0, 0.05) is 0 Å². The summed E-state index contributed by atoms with van der Waals surface area (Å²) >= 11 is 0. The van der Waals surface area contributed by atoms with E-state index in [-0.39, 0.29) is 18.2 Å². The highest BCUT2D eigenvalue weighted by Crippen LogP contribution is 2.28. The molecule has 27 heavy (non-hydrogen) atoms. The number of furan rings is 1. The first-order chi connectivity index (χ1) is 12.7. The molecule has 3 rings (SSSR count). The predicted octanol–water partition coefficient (Wildman–Crippen LogP) is 4.68. The predicted molar refractivity (Wildman–Crippen MR) is 106 cm³/mol. The van der Waals surface area contributed by atoms with Gasteiger partial charge < -0.3 is 13.9 Å². The highest BCUT2D eigenvalue weighted by atomic mass is 35.5. The molecule has 0 unspecified atom stereocenters. The fraction of sp³-hybridized carbons (Fsp3) is 0.100. The minimum atomic E-state index is -0.587. The number of aryl methyl sites for hydroxylation is 1. The standard InChI is InChI=1S/C20H18N2O4.ClH/c1-14-5-8-16(9-6-14)22-21-13-15-7-10-17(19(12-15)24-2)26-20(23)18-4-3-11-25-18;/h3-13,22H,1-2H3;1H/b21-13+;. The van der Waals surface area contributed by atoms with Crippen molar-refractivity contribution in [2.75, 3.05) is 12.5 Å². The smallest absolute Gasteiger partial charge is 0.379 e. The first-order valence-corrected chi connectivity index (χ1v) is 7.95. The molecule has 0 saturated heterocycles. The average Bonchev–Trinajstić information content (AvgIpc) is 3.19. The minimum Gasteiger partial charge on any atom is -0.493 e. The molecule has 7 heteroatoms. The molecule has 0 spiro atoms. The SMILES string of the molecule is COc1cc(/C=N/Nc2ccc(C)cc2)ccc1OC(=O)c1ccco1.Cl. The third-order valence-corrected chi connectivity index (χ3v) is 3.57. The second-order valence-corrected chi connectivity index (χ2v) is 5.51. The molecular formula is C20H19ClN2O4. The lowest BCUT2D eigenvalue weighted by Gasteiger charge is -2.09.